The van der Waals surface area contributed by atoms with E-state index in [-0.39, 0.29) is 17.7 Å². The van der Waals surface area contributed by atoms with E-state index < -0.39 is 6.10 Å². The second-order valence-corrected chi connectivity index (χ2v) is 5.75. The summed E-state index contributed by atoms with van der Waals surface area (Å²) < 4.78 is 5.55. The summed E-state index contributed by atoms with van der Waals surface area (Å²) in [7, 11) is 0. The van der Waals surface area contributed by atoms with Crippen LogP contribution in [0.3, 0.4) is 0 Å². The number of benzene rings is 1. The van der Waals surface area contributed by atoms with Gasteiger partial charge in [0.1, 0.15) is 11.4 Å². The van der Waals surface area contributed by atoms with Gasteiger partial charge in [-0.2, -0.15) is 0 Å². The number of hydrogen-bond donors (Lipinski definition) is 2. The van der Waals surface area contributed by atoms with E-state index in [0.717, 1.165) is 25.7 Å². The molecule has 1 aromatic carbocycles. The van der Waals surface area contributed by atoms with Gasteiger partial charge in [0.2, 0.25) is 5.91 Å². The molecular formula is C16H20N2O3. The highest BCUT2D eigenvalue weighted by molar-refractivity contribution is 6.04. The molecule has 1 aliphatic heterocycles. The summed E-state index contributed by atoms with van der Waals surface area (Å²) in [5.41, 5.74) is 1.17. The molecule has 0 bridgehead atoms. The molecule has 2 N–H and O–H groups in total. The molecule has 112 valence electrons. The highest BCUT2D eigenvalue weighted by Gasteiger charge is 2.27. The molecule has 1 saturated carbocycles. The average Bonchev–Trinajstić information content (AvgIpc) is 2.50. The molecule has 1 atom stereocenters. The molecule has 1 fully saturated rings. The van der Waals surface area contributed by atoms with E-state index in [9.17, 15) is 9.59 Å². The summed E-state index contributed by atoms with van der Waals surface area (Å²) in [5, 5.41) is 5.75. The van der Waals surface area contributed by atoms with Gasteiger partial charge in [-0.3, -0.25) is 9.59 Å². The van der Waals surface area contributed by atoms with Gasteiger partial charge < -0.3 is 15.4 Å². The van der Waals surface area contributed by atoms with Gasteiger partial charge in [0.25, 0.3) is 5.91 Å². The minimum absolute atomic E-state index is 0.0379. The fourth-order valence-electron chi connectivity index (χ4n) is 2.93. The maximum atomic E-state index is 12.3. The fraction of sp³-hybridized carbons (Fsp3) is 0.500. The largest absolute Gasteiger partial charge is 0.479 e. The third-order valence-electron chi connectivity index (χ3n) is 4.18. The number of hydrogen-bond acceptors (Lipinski definition) is 3. The van der Waals surface area contributed by atoms with Crippen LogP contribution in [0.2, 0.25) is 0 Å². The van der Waals surface area contributed by atoms with Crippen molar-refractivity contribution in [3.05, 3.63) is 18.2 Å². The second-order valence-electron chi connectivity index (χ2n) is 5.75. The van der Waals surface area contributed by atoms with Gasteiger partial charge in [-0.1, -0.05) is 25.3 Å². The van der Waals surface area contributed by atoms with Crippen LogP contribution in [0.4, 0.5) is 11.4 Å². The SMILES string of the molecule is CC1Oc2cccc(NC(=O)C3CCCCC3)c2NC1=O. The molecule has 0 spiro atoms. The minimum Gasteiger partial charge on any atom is -0.479 e. The van der Waals surface area contributed by atoms with Crippen molar-refractivity contribution in [3.63, 3.8) is 0 Å². The Balaban J connectivity index is 1.78. The number of anilines is 2. The predicted octanol–water partition coefficient (Wildman–Crippen LogP) is 2.92. The first kappa shape index (κ1) is 13.9. The number of ether oxygens (including phenoxy) is 1. The number of amides is 2. The molecule has 1 heterocycles. The van der Waals surface area contributed by atoms with Crippen molar-refractivity contribution in [1.29, 1.82) is 0 Å². The first-order valence-corrected chi connectivity index (χ1v) is 7.56. The van der Waals surface area contributed by atoms with E-state index in [0.29, 0.717) is 17.1 Å². The number of carbonyl (C=O) groups excluding carboxylic acids is 2. The zero-order valence-corrected chi connectivity index (χ0v) is 12.1. The lowest BCUT2D eigenvalue weighted by atomic mass is 9.88. The van der Waals surface area contributed by atoms with Gasteiger partial charge in [-0.05, 0) is 31.9 Å². The van der Waals surface area contributed by atoms with E-state index in [1.54, 1.807) is 19.1 Å². The van der Waals surface area contributed by atoms with Crippen LogP contribution in [0.15, 0.2) is 18.2 Å². The second kappa shape index (κ2) is 5.76. The van der Waals surface area contributed by atoms with E-state index >= 15 is 0 Å². The van der Waals surface area contributed by atoms with Gasteiger partial charge in [-0.15, -0.1) is 0 Å². The summed E-state index contributed by atoms with van der Waals surface area (Å²) in [6, 6.07) is 5.40. The Labute approximate surface area is 124 Å². The van der Waals surface area contributed by atoms with Crippen molar-refractivity contribution >= 4 is 23.2 Å². The van der Waals surface area contributed by atoms with Crippen LogP contribution in [-0.4, -0.2) is 17.9 Å². The molecular weight excluding hydrogens is 268 g/mol. The Morgan fingerprint density at radius 2 is 2.05 bits per heavy atom. The average molecular weight is 288 g/mol. The normalized spacial score (nSPS) is 22.0. The molecule has 5 heteroatoms. The molecule has 0 radical (unpaired) electrons. The van der Waals surface area contributed by atoms with Gasteiger partial charge >= 0.3 is 0 Å². The standard InChI is InChI=1S/C16H20N2O3/c1-10-15(19)18-14-12(8-5-9-13(14)21-10)17-16(20)11-6-3-2-4-7-11/h5,8-11H,2-4,6-7H2,1H3,(H,17,20)(H,18,19). The van der Waals surface area contributed by atoms with Crippen molar-refractivity contribution in [2.75, 3.05) is 10.6 Å². The molecule has 3 rings (SSSR count). The van der Waals surface area contributed by atoms with Crippen molar-refractivity contribution in [2.24, 2.45) is 5.92 Å². The summed E-state index contributed by atoms with van der Waals surface area (Å²) in [6.07, 6.45) is 4.82. The Bertz CT molecular complexity index is 565. The van der Waals surface area contributed by atoms with Gasteiger partial charge in [0.15, 0.2) is 6.10 Å². The minimum atomic E-state index is -0.512. The highest BCUT2D eigenvalue weighted by Crippen LogP contribution is 2.37. The number of nitrogens with one attached hydrogen (secondary N) is 2. The Kier molecular flexibility index (Phi) is 3.82. The molecule has 21 heavy (non-hydrogen) atoms. The third kappa shape index (κ3) is 2.86. The van der Waals surface area contributed by atoms with Crippen LogP contribution < -0.4 is 15.4 Å². The quantitative estimate of drug-likeness (QED) is 0.879. The lowest BCUT2D eigenvalue weighted by Gasteiger charge is -2.26. The van der Waals surface area contributed by atoms with Crippen molar-refractivity contribution in [2.45, 2.75) is 45.1 Å². The molecule has 0 aromatic heterocycles. The molecule has 0 saturated heterocycles. The Morgan fingerprint density at radius 1 is 1.29 bits per heavy atom. The predicted molar refractivity (Wildman–Crippen MR) is 80.4 cm³/mol. The summed E-state index contributed by atoms with van der Waals surface area (Å²) >= 11 is 0. The highest BCUT2D eigenvalue weighted by atomic mass is 16.5. The molecule has 2 amide bonds. The third-order valence-corrected chi connectivity index (χ3v) is 4.18. The topological polar surface area (TPSA) is 67.4 Å². The van der Waals surface area contributed by atoms with E-state index in [1.807, 2.05) is 6.07 Å². The molecule has 1 aliphatic carbocycles. The van der Waals surface area contributed by atoms with Crippen molar-refractivity contribution in [1.82, 2.24) is 0 Å². The van der Waals surface area contributed by atoms with Crippen LogP contribution in [0, 0.1) is 5.92 Å². The van der Waals surface area contributed by atoms with Crippen molar-refractivity contribution < 1.29 is 14.3 Å². The van der Waals surface area contributed by atoms with Crippen LogP contribution in [0.5, 0.6) is 5.75 Å². The van der Waals surface area contributed by atoms with Crippen LogP contribution in [-0.2, 0) is 9.59 Å². The molecule has 1 aromatic rings. The van der Waals surface area contributed by atoms with Gasteiger partial charge in [0.05, 0.1) is 5.69 Å². The lowest BCUT2D eigenvalue weighted by Crippen LogP contribution is -2.35. The van der Waals surface area contributed by atoms with E-state index in [1.165, 1.54) is 6.42 Å². The van der Waals surface area contributed by atoms with Gasteiger partial charge in [-0.25, -0.2) is 0 Å². The zero-order chi connectivity index (χ0) is 14.8. The van der Waals surface area contributed by atoms with Crippen LogP contribution >= 0.6 is 0 Å². The lowest BCUT2D eigenvalue weighted by molar-refractivity contribution is -0.123. The first-order valence-electron chi connectivity index (χ1n) is 7.56. The summed E-state index contributed by atoms with van der Waals surface area (Å²) in [4.78, 5) is 24.1. The van der Waals surface area contributed by atoms with E-state index in [2.05, 4.69) is 10.6 Å². The van der Waals surface area contributed by atoms with E-state index in [4.69, 9.17) is 4.74 Å². The number of carbonyl (C=O) groups is 2. The Hall–Kier alpha value is -2.04. The maximum absolute atomic E-state index is 12.3. The molecule has 1 unspecified atom stereocenters. The smallest absolute Gasteiger partial charge is 0.265 e. The monoisotopic (exact) mass is 288 g/mol. The van der Waals surface area contributed by atoms with Crippen LogP contribution in [0.1, 0.15) is 39.0 Å². The van der Waals surface area contributed by atoms with Gasteiger partial charge in [0, 0.05) is 5.92 Å². The van der Waals surface area contributed by atoms with Crippen molar-refractivity contribution in [3.8, 4) is 5.75 Å². The summed E-state index contributed by atoms with van der Waals surface area (Å²) in [6.45, 7) is 1.70. The number of fused-ring (bicyclic) bond motifs is 1. The Morgan fingerprint density at radius 3 is 2.81 bits per heavy atom. The molecule has 2 aliphatic rings. The first-order chi connectivity index (χ1) is 10.1. The fourth-order valence-corrected chi connectivity index (χ4v) is 2.93. The number of rotatable bonds is 2. The molecule has 5 nitrogen and oxygen atoms in total. The maximum Gasteiger partial charge on any atom is 0.265 e. The summed E-state index contributed by atoms with van der Waals surface area (Å²) in [5.74, 6) is 0.523. The zero-order valence-electron chi connectivity index (χ0n) is 12.1. The number of para-hydroxylation sites is 1. The van der Waals surface area contributed by atoms with Crippen LogP contribution in [0.25, 0.3) is 0 Å².